The first-order valence-corrected chi connectivity index (χ1v) is 9.54. The number of hydrogen-bond donors (Lipinski definition) is 1. The van der Waals surface area contributed by atoms with Crippen molar-refractivity contribution in [1.82, 2.24) is 4.90 Å². The molecule has 1 N–H and O–H groups in total. The number of benzene rings is 2. The third-order valence-electron chi connectivity index (χ3n) is 5.09. The zero-order valence-electron chi connectivity index (χ0n) is 16.1. The molecular formula is C24H29NO. The number of aliphatic hydroxyl groups is 1. The van der Waals surface area contributed by atoms with Gasteiger partial charge in [0.25, 0.3) is 0 Å². The summed E-state index contributed by atoms with van der Waals surface area (Å²) in [6.07, 6.45) is 5.85. The number of likely N-dealkylation sites (tertiary alicyclic amines) is 1. The second-order valence-electron chi connectivity index (χ2n) is 7.20. The summed E-state index contributed by atoms with van der Waals surface area (Å²) < 4.78 is 0. The predicted octanol–water partition coefficient (Wildman–Crippen LogP) is 4.58. The van der Waals surface area contributed by atoms with Crippen LogP contribution in [-0.4, -0.2) is 36.2 Å². The first kappa shape index (κ1) is 18.6. The minimum Gasteiger partial charge on any atom is -0.384 e. The van der Waals surface area contributed by atoms with Crippen LogP contribution >= 0.6 is 0 Å². The van der Waals surface area contributed by atoms with Gasteiger partial charge in [-0.05, 0) is 53.3 Å². The fourth-order valence-corrected chi connectivity index (χ4v) is 3.47. The SMILES string of the molecule is CCc1ccc(/C=C2\CN(C)C/C(=C\c3ccc(CC)cc3)C2O)cc1. The molecule has 0 unspecified atom stereocenters. The number of aryl methyl sites for hydroxylation is 2. The Hall–Kier alpha value is -2.16. The van der Waals surface area contributed by atoms with E-state index in [1.165, 1.54) is 11.1 Å². The topological polar surface area (TPSA) is 23.5 Å². The Labute approximate surface area is 157 Å². The maximum atomic E-state index is 10.9. The van der Waals surface area contributed by atoms with Crippen molar-refractivity contribution in [2.45, 2.75) is 32.8 Å². The van der Waals surface area contributed by atoms with Crippen LogP contribution in [0.2, 0.25) is 0 Å². The second-order valence-corrected chi connectivity index (χ2v) is 7.20. The van der Waals surface area contributed by atoms with Crippen LogP contribution < -0.4 is 0 Å². The van der Waals surface area contributed by atoms with E-state index in [0.717, 1.165) is 48.2 Å². The molecule has 0 aromatic heterocycles. The molecule has 1 aliphatic heterocycles. The molecule has 0 spiro atoms. The van der Waals surface area contributed by atoms with E-state index in [2.05, 4.69) is 86.5 Å². The van der Waals surface area contributed by atoms with Crippen LogP contribution in [0.25, 0.3) is 12.2 Å². The molecule has 0 saturated carbocycles. The molecule has 3 rings (SSSR count). The standard InChI is InChI=1S/C24H29NO/c1-4-18-6-10-20(11-7-18)14-22-16-25(3)17-23(24(22)26)15-21-12-8-19(5-2)9-13-21/h6-15,24,26H,4-5,16-17H2,1-3H3/b22-14+,23-15+. The van der Waals surface area contributed by atoms with Crippen LogP contribution in [0.4, 0.5) is 0 Å². The highest BCUT2D eigenvalue weighted by Gasteiger charge is 2.24. The number of likely N-dealkylation sites (N-methyl/N-ethyl adjacent to an activating group) is 1. The van der Waals surface area contributed by atoms with E-state index in [0.29, 0.717) is 0 Å². The van der Waals surface area contributed by atoms with Gasteiger partial charge in [0.05, 0.1) is 6.10 Å². The van der Waals surface area contributed by atoms with Crippen LogP contribution in [0.15, 0.2) is 59.7 Å². The molecule has 136 valence electrons. The van der Waals surface area contributed by atoms with E-state index >= 15 is 0 Å². The molecule has 2 heteroatoms. The minimum absolute atomic E-state index is 0.511. The Bertz CT molecular complexity index is 716. The average Bonchev–Trinajstić information content (AvgIpc) is 2.66. The van der Waals surface area contributed by atoms with Gasteiger partial charge >= 0.3 is 0 Å². The highest BCUT2D eigenvalue weighted by atomic mass is 16.3. The molecule has 26 heavy (non-hydrogen) atoms. The molecule has 0 bridgehead atoms. The lowest BCUT2D eigenvalue weighted by Crippen LogP contribution is -2.37. The molecular weight excluding hydrogens is 318 g/mol. The molecule has 1 aliphatic rings. The first-order valence-electron chi connectivity index (χ1n) is 9.54. The minimum atomic E-state index is -0.511. The second kappa shape index (κ2) is 8.48. The van der Waals surface area contributed by atoms with Gasteiger partial charge in [-0.25, -0.2) is 0 Å². The first-order chi connectivity index (χ1) is 12.6. The molecule has 2 aromatic rings. The third kappa shape index (κ3) is 4.51. The van der Waals surface area contributed by atoms with Crippen molar-refractivity contribution < 1.29 is 5.11 Å². The van der Waals surface area contributed by atoms with E-state index in [9.17, 15) is 5.11 Å². The van der Waals surface area contributed by atoms with Crippen LogP contribution in [0.1, 0.15) is 36.1 Å². The summed E-state index contributed by atoms with van der Waals surface area (Å²) in [5, 5.41) is 10.9. The Morgan fingerprint density at radius 3 is 1.54 bits per heavy atom. The summed E-state index contributed by atoms with van der Waals surface area (Å²) in [5.74, 6) is 0. The van der Waals surface area contributed by atoms with Crippen LogP contribution in [0, 0.1) is 0 Å². The van der Waals surface area contributed by atoms with Crippen molar-refractivity contribution in [2.24, 2.45) is 0 Å². The molecule has 1 fully saturated rings. The van der Waals surface area contributed by atoms with Crippen molar-refractivity contribution in [2.75, 3.05) is 20.1 Å². The van der Waals surface area contributed by atoms with Crippen molar-refractivity contribution in [3.8, 4) is 0 Å². The van der Waals surface area contributed by atoms with Crippen molar-refractivity contribution >= 4 is 12.2 Å². The van der Waals surface area contributed by atoms with E-state index in [1.807, 2.05) is 0 Å². The Morgan fingerprint density at radius 1 is 0.808 bits per heavy atom. The molecule has 0 radical (unpaired) electrons. The molecule has 0 amide bonds. The summed E-state index contributed by atoms with van der Waals surface area (Å²) in [6, 6.07) is 17.2. The van der Waals surface area contributed by atoms with Crippen LogP contribution in [-0.2, 0) is 12.8 Å². The van der Waals surface area contributed by atoms with Gasteiger partial charge < -0.3 is 5.11 Å². The highest BCUT2D eigenvalue weighted by Crippen LogP contribution is 2.25. The Kier molecular flexibility index (Phi) is 6.08. The Balaban J connectivity index is 1.85. The lowest BCUT2D eigenvalue weighted by molar-refractivity contribution is 0.198. The van der Waals surface area contributed by atoms with E-state index < -0.39 is 6.10 Å². The van der Waals surface area contributed by atoms with Gasteiger partial charge in [-0.15, -0.1) is 0 Å². The number of aliphatic hydroxyl groups excluding tert-OH is 1. The van der Waals surface area contributed by atoms with Gasteiger partial charge in [-0.1, -0.05) is 74.5 Å². The summed E-state index contributed by atoms with van der Waals surface area (Å²) in [6.45, 7) is 5.92. The number of piperidine rings is 1. The van der Waals surface area contributed by atoms with E-state index in [-0.39, 0.29) is 0 Å². The molecule has 1 saturated heterocycles. The third-order valence-corrected chi connectivity index (χ3v) is 5.09. The summed E-state index contributed by atoms with van der Waals surface area (Å²) in [7, 11) is 2.11. The fourth-order valence-electron chi connectivity index (χ4n) is 3.47. The molecule has 2 aromatic carbocycles. The molecule has 1 heterocycles. The van der Waals surface area contributed by atoms with Gasteiger partial charge in [0.15, 0.2) is 0 Å². The van der Waals surface area contributed by atoms with Crippen LogP contribution in [0.5, 0.6) is 0 Å². The number of rotatable bonds is 4. The average molecular weight is 348 g/mol. The lowest BCUT2D eigenvalue weighted by Gasteiger charge is -2.31. The zero-order chi connectivity index (χ0) is 18.5. The molecule has 2 nitrogen and oxygen atoms in total. The van der Waals surface area contributed by atoms with E-state index in [4.69, 9.17) is 0 Å². The van der Waals surface area contributed by atoms with Gasteiger partial charge in [0, 0.05) is 13.1 Å². The van der Waals surface area contributed by atoms with E-state index in [1.54, 1.807) is 0 Å². The summed E-state index contributed by atoms with van der Waals surface area (Å²) >= 11 is 0. The smallest absolute Gasteiger partial charge is 0.0992 e. The fraction of sp³-hybridized carbons (Fsp3) is 0.333. The van der Waals surface area contributed by atoms with Gasteiger partial charge in [-0.3, -0.25) is 4.90 Å². The highest BCUT2D eigenvalue weighted by molar-refractivity contribution is 5.61. The number of nitrogens with zero attached hydrogens (tertiary/aromatic N) is 1. The van der Waals surface area contributed by atoms with Gasteiger partial charge in [0.2, 0.25) is 0 Å². The molecule has 0 atom stereocenters. The summed E-state index contributed by atoms with van der Waals surface area (Å²) in [5.41, 5.74) is 7.09. The predicted molar refractivity (Wildman–Crippen MR) is 111 cm³/mol. The quantitative estimate of drug-likeness (QED) is 0.875. The summed E-state index contributed by atoms with van der Waals surface area (Å²) in [4.78, 5) is 2.26. The normalized spacial score (nSPS) is 19.4. The molecule has 0 aliphatic carbocycles. The maximum Gasteiger partial charge on any atom is 0.0992 e. The van der Waals surface area contributed by atoms with Crippen molar-refractivity contribution in [3.63, 3.8) is 0 Å². The van der Waals surface area contributed by atoms with Crippen LogP contribution in [0.3, 0.4) is 0 Å². The van der Waals surface area contributed by atoms with Crippen molar-refractivity contribution in [3.05, 3.63) is 81.9 Å². The zero-order valence-corrected chi connectivity index (χ0v) is 16.1. The number of hydrogen-bond acceptors (Lipinski definition) is 2. The maximum absolute atomic E-state index is 10.9. The monoisotopic (exact) mass is 347 g/mol. The largest absolute Gasteiger partial charge is 0.384 e. The van der Waals surface area contributed by atoms with Gasteiger partial charge in [-0.2, -0.15) is 0 Å². The van der Waals surface area contributed by atoms with Crippen molar-refractivity contribution in [1.29, 1.82) is 0 Å². The Morgan fingerprint density at radius 2 is 1.19 bits per heavy atom. The van der Waals surface area contributed by atoms with Gasteiger partial charge in [0.1, 0.15) is 0 Å². The lowest BCUT2D eigenvalue weighted by atomic mass is 9.92.